The summed E-state index contributed by atoms with van der Waals surface area (Å²) in [6.07, 6.45) is 0. The molecule has 1 aromatic heterocycles. The van der Waals surface area contributed by atoms with Crippen LogP contribution in [0.4, 0.5) is 5.82 Å². The molecule has 0 spiro atoms. The summed E-state index contributed by atoms with van der Waals surface area (Å²) in [6, 6.07) is 11.2. The number of hydrogen-bond donors (Lipinski definition) is 2. The first-order chi connectivity index (χ1) is 15.3. The number of nitrogens with one attached hydrogen (secondary N) is 2. The SMILES string of the molecule is COc1ccc(C(=O)N[C@@H]2C(=O)Nc3c(c(C)nn3C)[C@H]2c2ccc(Cl)cc2)cc1OC. The van der Waals surface area contributed by atoms with Gasteiger partial charge in [0, 0.05) is 29.1 Å². The summed E-state index contributed by atoms with van der Waals surface area (Å²) >= 11 is 6.08. The fourth-order valence-corrected chi connectivity index (χ4v) is 4.21. The number of carbonyl (C=O) groups is 2. The maximum atomic E-state index is 13.1. The molecule has 3 aromatic rings. The Kier molecular flexibility index (Phi) is 5.80. The zero-order valence-corrected chi connectivity index (χ0v) is 18.9. The highest BCUT2D eigenvalue weighted by Gasteiger charge is 2.41. The highest BCUT2D eigenvalue weighted by Crippen LogP contribution is 2.39. The Bertz CT molecular complexity index is 1190. The van der Waals surface area contributed by atoms with Gasteiger partial charge in [-0.25, -0.2) is 0 Å². The highest BCUT2D eigenvalue weighted by molar-refractivity contribution is 6.30. The fraction of sp³-hybridized carbons (Fsp3) is 0.261. The topological polar surface area (TPSA) is 94.5 Å². The zero-order valence-electron chi connectivity index (χ0n) is 18.1. The number of aromatic nitrogens is 2. The third-order valence-electron chi connectivity index (χ3n) is 5.60. The van der Waals surface area contributed by atoms with E-state index >= 15 is 0 Å². The monoisotopic (exact) mass is 454 g/mol. The van der Waals surface area contributed by atoms with Crippen molar-refractivity contribution in [3.8, 4) is 11.5 Å². The first kappa shape index (κ1) is 21.7. The van der Waals surface area contributed by atoms with Gasteiger partial charge in [0.15, 0.2) is 11.5 Å². The minimum atomic E-state index is -0.854. The highest BCUT2D eigenvalue weighted by atomic mass is 35.5. The van der Waals surface area contributed by atoms with Crippen molar-refractivity contribution in [3.63, 3.8) is 0 Å². The van der Waals surface area contributed by atoms with Gasteiger partial charge in [-0.05, 0) is 42.8 Å². The second-order valence-corrected chi connectivity index (χ2v) is 7.95. The van der Waals surface area contributed by atoms with Crippen LogP contribution in [0.5, 0.6) is 11.5 Å². The van der Waals surface area contributed by atoms with E-state index in [9.17, 15) is 9.59 Å². The first-order valence-electron chi connectivity index (χ1n) is 9.96. The number of ether oxygens (including phenoxy) is 2. The molecule has 1 aliphatic rings. The molecule has 2 N–H and O–H groups in total. The van der Waals surface area contributed by atoms with Gasteiger partial charge in [0.25, 0.3) is 5.91 Å². The summed E-state index contributed by atoms with van der Waals surface area (Å²) in [5, 5.41) is 10.8. The van der Waals surface area contributed by atoms with Crippen LogP contribution in [0.15, 0.2) is 42.5 Å². The molecule has 0 aliphatic carbocycles. The second kappa shape index (κ2) is 8.55. The Labute approximate surface area is 190 Å². The van der Waals surface area contributed by atoms with Crippen molar-refractivity contribution < 1.29 is 19.1 Å². The molecule has 0 radical (unpaired) electrons. The van der Waals surface area contributed by atoms with Crippen molar-refractivity contribution in [1.29, 1.82) is 0 Å². The number of rotatable bonds is 5. The summed E-state index contributed by atoms with van der Waals surface area (Å²) in [6.45, 7) is 1.88. The maximum Gasteiger partial charge on any atom is 0.252 e. The summed E-state index contributed by atoms with van der Waals surface area (Å²) in [7, 11) is 4.79. The van der Waals surface area contributed by atoms with E-state index in [2.05, 4.69) is 15.7 Å². The molecule has 1 aliphatic heterocycles. The number of benzene rings is 2. The van der Waals surface area contributed by atoms with Crippen molar-refractivity contribution in [3.05, 3.63) is 69.9 Å². The van der Waals surface area contributed by atoms with Crippen LogP contribution in [-0.4, -0.2) is 41.9 Å². The van der Waals surface area contributed by atoms with Crippen molar-refractivity contribution >= 4 is 29.2 Å². The van der Waals surface area contributed by atoms with Gasteiger partial charge < -0.3 is 20.1 Å². The number of carbonyl (C=O) groups excluding carboxylic acids is 2. The smallest absolute Gasteiger partial charge is 0.252 e. The van der Waals surface area contributed by atoms with Crippen LogP contribution in [-0.2, 0) is 11.8 Å². The molecular weight excluding hydrogens is 432 g/mol. The van der Waals surface area contributed by atoms with E-state index in [0.29, 0.717) is 27.9 Å². The molecule has 0 saturated carbocycles. The third-order valence-corrected chi connectivity index (χ3v) is 5.85. The molecular formula is C23H23ClN4O4. The number of methoxy groups -OCH3 is 2. The second-order valence-electron chi connectivity index (χ2n) is 7.51. The van der Waals surface area contributed by atoms with Gasteiger partial charge in [-0.3, -0.25) is 14.3 Å². The quantitative estimate of drug-likeness (QED) is 0.617. The largest absolute Gasteiger partial charge is 0.493 e. The molecule has 166 valence electrons. The van der Waals surface area contributed by atoms with E-state index in [0.717, 1.165) is 16.8 Å². The van der Waals surface area contributed by atoms with Gasteiger partial charge in [0.1, 0.15) is 11.9 Å². The molecule has 0 unspecified atom stereocenters. The lowest BCUT2D eigenvalue weighted by Crippen LogP contribution is -2.50. The first-order valence-corrected chi connectivity index (χ1v) is 10.3. The van der Waals surface area contributed by atoms with Gasteiger partial charge in [-0.1, -0.05) is 23.7 Å². The van der Waals surface area contributed by atoms with Crippen LogP contribution in [0.2, 0.25) is 5.02 Å². The van der Waals surface area contributed by atoms with Crippen LogP contribution in [0.1, 0.15) is 33.1 Å². The number of halogens is 1. The standard InChI is InChI=1S/C23H23ClN4O4/c1-12-18-19(13-5-8-15(24)9-6-13)20(23(30)26-21(18)28(2)27-12)25-22(29)14-7-10-16(31-3)17(11-14)32-4/h5-11,19-20H,1-4H3,(H,25,29)(H,26,30)/t19-,20+/m1/s1. The summed E-state index contributed by atoms with van der Waals surface area (Å²) in [5.74, 6) is 0.379. The summed E-state index contributed by atoms with van der Waals surface area (Å²) in [5.41, 5.74) is 2.82. The average Bonchev–Trinajstić information content (AvgIpc) is 3.07. The van der Waals surface area contributed by atoms with Gasteiger partial charge in [0.2, 0.25) is 5.91 Å². The van der Waals surface area contributed by atoms with Gasteiger partial charge in [-0.2, -0.15) is 5.10 Å². The minimum absolute atomic E-state index is 0.325. The molecule has 2 aromatic carbocycles. The Morgan fingerprint density at radius 2 is 1.81 bits per heavy atom. The van der Waals surface area contributed by atoms with Crippen molar-refractivity contribution in [1.82, 2.24) is 15.1 Å². The number of nitrogens with zero attached hydrogens (tertiary/aromatic N) is 2. The van der Waals surface area contributed by atoms with Crippen LogP contribution in [0.25, 0.3) is 0 Å². The van der Waals surface area contributed by atoms with Gasteiger partial charge in [0.05, 0.1) is 19.9 Å². The normalized spacial score (nSPS) is 17.3. The molecule has 9 heteroatoms. The van der Waals surface area contributed by atoms with E-state index in [4.69, 9.17) is 21.1 Å². The van der Waals surface area contributed by atoms with Crippen LogP contribution in [0, 0.1) is 6.92 Å². The Morgan fingerprint density at radius 3 is 2.47 bits per heavy atom. The molecule has 0 fully saturated rings. The van der Waals surface area contributed by atoms with Crippen molar-refractivity contribution in [2.45, 2.75) is 18.9 Å². The number of anilines is 1. The van der Waals surface area contributed by atoms with Crippen molar-refractivity contribution in [2.75, 3.05) is 19.5 Å². The van der Waals surface area contributed by atoms with E-state index in [1.54, 1.807) is 42.1 Å². The molecule has 8 nitrogen and oxygen atoms in total. The molecule has 32 heavy (non-hydrogen) atoms. The molecule has 2 atom stereocenters. The van der Waals surface area contributed by atoms with Crippen LogP contribution >= 0.6 is 11.6 Å². The Hall–Kier alpha value is -3.52. The lowest BCUT2D eigenvalue weighted by molar-refractivity contribution is -0.118. The summed E-state index contributed by atoms with van der Waals surface area (Å²) in [4.78, 5) is 26.3. The van der Waals surface area contributed by atoms with Gasteiger partial charge in [-0.15, -0.1) is 0 Å². The maximum absolute atomic E-state index is 13.1. The molecule has 2 amide bonds. The predicted octanol–water partition coefficient (Wildman–Crippen LogP) is 3.28. The molecule has 2 heterocycles. The average molecular weight is 455 g/mol. The van der Waals surface area contributed by atoms with Crippen LogP contribution in [0.3, 0.4) is 0 Å². The minimum Gasteiger partial charge on any atom is -0.493 e. The predicted molar refractivity (Wildman–Crippen MR) is 121 cm³/mol. The summed E-state index contributed by atoms with van der Waals surface area (Å²) < 4.78 is 12.2. The molecule has 0 saturated heterocycles. The van der Waals surface area contributed by atoms with Crippen molar-refractivity contribution in [2.24, 2.45) is 7.05 Å². The van der Waals surface area contributed by atoms with E-state index in [-0.39, 0.29) is 5.91 Å². The zero-order chi connectivity index (χ0) is 23.0. The molecule has 0 bridgehead atoms. The lowest BCUT2D eigenvalue weighted by Gasteiger charge is -2.32. The Balaban J connectivity index is 1.74. The lowest BCUT2D eigenvalue weighted by atomic mass is 9.82. The van der Waals surface area contributed by atoms with Gasteiger partial charge >= 0.3 is 0 Å². The fourth-order valence-electron chi connectivity index (χ4n) is 4.09. The number of hydrogen-bond acceptors (Lipinski definition) is 5. The third kappa shape index (κ3) is 3.78. The molecule has 4 rings (SSSR count). The van der Waals surface area contributed by atoms with E-state index < -0.39 is 17.9 Å². The Morgan fingerprint density at radius 1 is 1.12 bits per heavy atom. The van der Waals surface area contributed by atoms with E-state index in [1.165, 1.54) is 14.2 Å². The number of aryl methyl sites for hydroxylation is 2. The van der Waals surface area contributed by atoms with Crippen LogP contribution < -0.4 is 20.1 Å². The van der Waals surface area contributed by atoms with E-state index in [1.807, 2.05) is 19.1 Å². The number of amides is 2. The number of fused-ring (bicyclic) bond motifs is 1.